The zero-order chi connectivity index (χ0) is 23.4. The lowest BCUT2D eigenvalue weighted by Gasteiger charge is -2.33. The lowest BCUT2D eigenvalue weighted by Crippen LogP contribution is -2.46. The van der Waals surface area contributed by atoms with Crippen molar-refractivity contribution in [2.45, 2.75) is 19.3 Å². The summed E-state index contributed by atoms with van der Waals surface area (Å²) in [5, 5.41) is 13.5. The minimum atomic E-state index is -1.89. The van der Waals surface area contributed by atoms with Crippen LogP contribution in [0.1, 0.15) is 35.3 Å². The standard InChI is InChI=1S/C24H14N2O7/c1-10(27)25-15-9-5-7-13-16(15)17(20(25)29)18-19(22(31)33-21(18)30)24(13)12-6-3-4-8-14(12)26(11(2)28)23(24)32/h3-9,29H,1-2H3/p-1. The molecule has 9 nitrogen and oxygen atoms in total. The highest BCUT2D eigenvalue weighted by Gasteiger charge is 2.63. The molecule has 162 valence electrons. The first-order valence-electron chi connectivity index (χ1n) is 10.0. The maximum absolute atomic E-state index is 14.1. The van der Waals surface area contributed by atoms with E-state index in [1.165, 1.54) is 19.9 Å². The molecule has 1 unspecified atom stereocenters. The summed E-state index contributed by atoms with van der Waals surface area (Å²) in [7, 11) is 0. The fraction of sp³-hybridized carbons (Fsp3) is 0.125. The van der Waals surface area contributed by atoms with Gasteiger partial charge in [-0.2, -0.15) is 0 Å². The molecule has 3 heterocycles. The molecule has 3 aromatic rings. The number of rotatable bonds is 0. The summed E-state index contributed by atoms with van der Waals surface area (Å²) in [6, 6.07) is 11.1. The summed E-state index contributed by atoms with van der Waals surface area (Å²) >= 11 is 0. The monoisotopic (exact) mass is 441 g/mol. The SMILES string of the molecule is CC(=O)N1C(=O)C2(C3=C(C(=O)OC3=O)c3c([O-])n(C(C)=O)c4cccc2c34)c2ccccc21. The van der Waals surface area contributed by atoms with E-state index in [0.29, 0.717) is 5.56 Å². The molecule has 2 aliphatic heterocycles. The molecular weight excluding hydrogens is 428 g/mol. The maximum Gasteiger partial charge on any atom is 0.347 e. The Balaban J connectivity index is 1.90. The second-order valence-electron chi connectivity index (χ2n) is 8.09. The van der Waals surface area contributed by atoms with Gasteiger partial charge in [-0.25, -0.2) is 14.5 Å². The number of cyclic esters (lactones) is 2. The number of benzene rings is 2. The van der Waals surface area contributed by atoms with Gasteiger partial charge in [0.15, 0.2) is 0 Å². The summed E-state index contributed by atoms with van der Waals surface area (Å²) in [5.74, 6) is -4.84. The molecule has 6 rings (SSSR count). The Hall–Kier alpha value is -4.53. The Morgan fingerprint density at radius 3 is 2.30 bits per heavy atom. The van der Waals surface area contributed by atoms with E-state index >= 15 is 0 Å². The van der Waals surface area contributed by atoms with Crippen LogP contribution in [-0.4, -0.2) is 34.2 Å². The third-order valence-electron chi connectivity index (χ3n) is 6.53. The van der Waals surface area contributed by atoms with Gasteiger partial charge in [0.2, 0.25) is 11.8 Å². The number of hydrogen-bond acceptors (Lipinski definition) is 7. The van der Waals surface area contributed by atoms with Gasteiger partial charge in [-0.05, 0) is 23.6 Å². The molecule has 0 saturated heterocycles. The Bertz CT molecular complexity index is 1570. The first-order chi connectivity index (χ1) is 15.7. The summed E-state index contributed by atoms with van der Waals surface area (Å²) in [6.07, 6.45) is 0. The molecule has 1 aliphatic carbocycles. The Morgan fingerprint density at radius 1 is 0.909 bits per heavy atom. The molecule has 1 aromatic heterocycles. The first-order valence-corrected chi connectivity index (χ1v) is 10.0. The number of imide groups is 1. The van der Waals surface area contributed by atoms with E-state index in [9.17, 15) is 29.1 Å². The second kappa shape index (κ2) is 5.83. The number of aromatic nitrogens is 1. The van der Waals surface area contributed by atoms with E-state index in [0.717, 1.165) is 9.47 Å². The largest absolute Gasteiger partial charge is 0.859 e. The molecular formula is C24H13N2O7-. The number of nitrogens with zero attached hydrogens (tertiary/aromatic N) is 2. The lowest BCUT2D eigenvalue weighted by atomic mass is 9.64. The molecule has 2 amide bonds. The normalized spacial score (nSPS) is 20.5. The molecule has 0 bridgehead atoms. The van der Waals surface area contributed by atoms with Crippen molar-refractivity contribution in [2.75, 3.05) is 4.90 Å². The third-order valence-corrected chi connectivity index (χ3v) is 6.53. The lowest BCUT2D eigenvalue weighted by molar-refractivity contribution is -0.276. The number of esters is 2. The van der Waals surface area contributed by atoms with Gasteiger partial charge in [0.25, 0.3) is 5.91 Å². The van der Waals surface area contributed by atoms with Gasteiger partial charge >= 0.3 is 11.9 Å². The topological polar surface area (TPSA) is 126 Å². The zero-order valence-corrected chi connectivity index (χ0v) is 17.3. The number of ether oxygens (including phenoxy) is 1. The predicted molar refractivity (Wildman–Crippen MR) is 111 cm³/mol. The van der Waals surface area contributed by atoms with Crippen LogP contribution in [0.3, 0.4) is 0 Å². The molecule has 1 spiro atoms. The summed E-state index contributed by atoms with van der Waals surface area (Å²) in [5.41, 5.74) is -1.69. The predicted octanol–water partition coefficient (Wildman–Crippen LogP) is 1.40. The first kappa shape index (κ1) is 19.2. The van der Waals surface area contributed by atoms with E-state index in [4.69, 9.17) is 4.74 Å². The van der Waals surface area contributed by atoms with Crippen LogP contribution in [0.25, 0.3) is 16.5 Å². The Kier molecular flexibility index (Phi) is 3.39. The van der Waals surface area contributed by atoms with Crippen LogP contribution in [0.15, 0.2) is 48.0 Å². The van der Waals surface area contributed by atoms with E-state index in [1.54, 1.807) is 36.4 Å². The van der Waals surface area contributed by atoms with Crippen LogP contribution in [0.2, 0.25) is 0 Å². The molecule has 33 heavy (non-hydrogen) atoms. The van der Waals surface area contributed by atoms with Crippen LogP contribution < -0.4 is 10.0 Å². The average Bonchev–Trinajstić information content (AvgIpc) is 3.32. The van der Waals surface area contributed by atoms with Crippen LogP contribution >= 0.6 is 0 Å². The maximum atomic E-state index is 14.1. The van der Waals surface area contributed by atoms with Crippen molar-refractivity contribution >= 4 is 51.8 Å². The molecule has 0 fully saturated rings. The molecule has 3 aliphatic rings. The minimum Gasteiger partial charge on any atom is -0.859 e. The van der Waals surface area contributed by atoms with Crippen molar-refractivity contribution in [3.63, 3.8) is 0 Å². The van der Waals surface area contributed by atoms with Gasteiger partial charge < -0.3 is 9.84 Å². The summed E-state index contributed by atoms with van der Waals surface area (Å²) < 4.78 is 5.81. The van der Waals surface area contributed by atoms with Crippen molar-refractivity contribution in [3.05, 3.63) is 64.7 Å². The number of amides is 2. The molecule has 0 radical (unpaired) electrons. The minimum absolute atomic E-state index is 0.154. The number of carbonyl (C=O) groups is 5. The van der Waals surface area contributed by atoms with Crippen molar-refractivity contribution in [3.8, 4) is 5.88 Å². The molecule has 1 atom stereocenters. The van der Waals surface area contributed by atoms with Crippen molar-refractivity contribution < 1.29 is 33.8 Å². The van der Waals surface area contributed by atoms with Gasteiger partial charge in [-0.1, -0.05) is 30.3 Å². The number of anilines is 1. The van der Waals surface area contributed by atoms with Gasteiger partial charge in [0.1, 0.15) is 5.41 Å². The third kappa shape index (κ3) is 1.91. The molecule has 0 N–H and O–H groups in total. The summed E-state index contributed by atoms with van der Waals surface area (Å²) in [6.45, 7) is 2.42. The van der Waals surface area contributed by atoms with E-state index in [1.807, 2.05) is 0 Å². The molecule has 9 heteroatoms. The highest BCUT2D eigenvalue weighted by atomic mass is 16.6. The number of para-hydroxylation sites is 1. The Labute approximate surface area is 185 Å². The van der Waals surface area contributed by atoms with Gasteiger partial charge in [-0.15, -0.1) is 0 Å². The summed E-state index contributed by atoms with van der Waals surface area (Å²) in [4.78, 5) is 65.8. The highest BCUT2D eigenvalue weighted by molar-refractivity contribution is 6.41. The van der Waals surface area contributed by atoms with Crippen molar-refractivity contribution in [1.29, 1.82) is 0 Å². The van der Waals surface area contributed by atoms with Gasteiger partial charge in [0, 0.05) is 30.4 Å². The van der Waals surface area contributed by atoms with Gasteiger partial charge in [0.05, 0.1) is 22.4 Å². The average molecular weight is 441 g/mol. The van der Waals surface area contributed by atoms with Crippen LogP contribution in [0, 0.1) is 0 Å². The fourth-order valence-corrected chi connectivity index (χ4v) is 5.46. The van der Waals surface area contributed by atoms with E-state index < -0.39 is 41.0 Å². The van der Waals surface area contributed by atoms with Crippen LogP contribution in [-0.2, 0) is 29.3 Å². The van der Waals surface area contributed by atoms with E-state index in [2.05, 4.69) is 0 Å². The van der Waals surface area contributed by atoms with Crippen molar-refractivity contribution in [2.24, 2.45) is 0 Å². The van der Waals surface area contributed by atoms with Gasteiger partial charge in [-0.3, -0.25) is 19.0 Å². The second-order valence-corrected chi connectivity index (χ2v) is 8.09. The quantitative estimate of drug-likeness (QED) is 0.381. The van der Waals surface area contributed by atoms with Crippen LogP contribution in [0.4, 0.5) is 5.69 Å². The van der Waals surface area contributed by atoms with Crippen LogP contribution in [0.5, 0.6) is 5.88 Å². The van der Waals surface area contributed by atoms with E-state index in [-0.39, 0.29) is 38.9 Å². The van der Waals surface area contributed by atoms with Crippen molar-refractivity contribution in [1.82, 2.24) is 4.57 Å². The molecule has 0 saturated carbocycles. The number of carbonyl (C=O) groups excluding carboxylic acids is 5. The smallest absolute Gasteiger partial charge is 0.347 e. The fourth-order valence-electron chi connectivity index (χ4n) is 5.46. The highest BCUT2D eigenvalue weighted by Crippen LogP contribution is 2.60. The Morgan fingerprint density at radius 2 is 1.61 bits per heavy atom. The molecule has 2 aromatic carbocycles. The number of hydrogen-bond donors (Lipinski definition) is 0. The zero-order valence-electron chi connectivity index (χ0n) is 17.3. The number of fused-ring (bicyclic) bond motifs is 5.